The Morgan fingerprint density at radius 3 is 2.28 bits per heavy atom. The van der Waals surface area contributed by atoms with Crippen LogP contribution in [0, 0.1) is 0 Å². The van der Waals surface area contributed by atoms with E-state index in [0.29, 0.717) is 11.4 Å². The Bertz CT molecular complexity index is 1040. The summed E-state index contributed by atoms with van der Waals surface area (Å²) in [5.74, 6) is -0.218. The normalized spacial score (nSPS) is 12.0. The molecule has 174 valence electrons. The quantitative estimate of drug-likeness (QED) is 0.585. The second kappa shape index (κ2) is 11.0. The molecule has 1 atom stereocenters. The zero-order chi connectivity index (χ0) is 23.9. The Kier molecular flexibility index (Phi) is 8.65. The second-order valence-electron chi connectivity index (χ2n) is 7.45. The third-order valence-electron chi connectivity index (χ3n) is 5.21. The van der Waals surface area contributed by atoms with Crippen LogP contribution >= 0.6 is 0 Å². The molecule has 0 aliphatic rings. The van der Waals surface area contributed by atoms with Crippen molar-refractivity contribution in [2.75, 3.05) is 31.3 Å². The Morgan fingerprint density at radius 1 is 1.09 bits per heavy atom. The monoisotopic (exact) mass is 461 g/mol. The van der Waals surface area contributed by atoms with Crippen LogP contribution in [0.5, 0.6) is 5.75 Å². The lowest BCUT2D eigenvalue weighted by Crippen LogP contribution is -2.50. The van der Waals surface area contributed by atoms with Gasteiger partial charge in [0, 0.05) is 13.6 Å². The zero-order valence-corrected chi connectivity index (χ0v) is 20.0. The van der Waals surface area contributed by atoms with E-state index in [1.165, 1.54) is 11.9 Å². The molecule has 1 N–H and O–H groups in total. The minimum absolute atomic E-state index is 0.122. The van der Waals surface area contributed by atoms with Gasteiger partial charge in [0.2, 0.25) is 21.8 Å². The minimum Gasteiger partial charge on any atom is -0.497 e. The lowest BCUT2D eigenvalue weighted by Gasteiger charge is -2.31. The summed E-state index contributed by atoms with van der Waals surface area (Å²) in [6, 6.07) is 13.4. The number of rotatable bonds is 10. The Hall–Kier alpha value is -3.07. The molecule has 0 aromatic heterocycles. The maximum absolute atomic E-state index is 13.3. The van der Waals surface area contributed by atoms with E-state index in [-0.39, 0.29) is 12.5 Å². The first-order chi connectivity index (χ1) is 15.1. The van der Waals surface area contributed by atoms with E-state index in [0.717, 1.165) is 28.1 Å². The van der Waals surface area contributed by atoms with Gasteiger partial charge in [0.15, 0.2) is 0 Å². The molecule has 0 saturated carbocycles. The molecule has 2 rings (SSSR count). The average molecular weight is 462 g/mol. The van der Waals surface area contributed by atoms with Gasteiger partial charge in [-0.1, -0.05) is 31.2 Å². The highest BCUT2D eigenvalue weighted by molar-refractivity contribution is 7.92. The predicted molar refractivity (Wildman–Crippen MR) is 125 cm³/mol. The van der Waals surface area contributed by atoms with E-state index in [9.17, 15) is 18.0 Å². The van der Waals surface area contributed by atoms with E-state index in [2.05, 4.69) is 5.32 Å². The van der Waals surface area contributed by atoms with E-state index < -0.39 is 28.5 Å². The molecule has 0 bridgehead atoms. The molecule has 0 heterocycles. The highest BCUT2D eigenvalue weighted by Gasteiger charge is 2.29. The Morgan fingerprint density at radius 2 is 1.75 bits per heavy atom. The van der Waals surface area contributed by atoms with E-state index in [4.69, 9.17) is 4.74 Å². The largest absolute Gasteiger partial charge is 0.497 e. The molecule has 32 heavy (non-hydrogen) atoms. The highest BCUT2D eigenvalue weighted by atomic mass is 32.2. The number of amides is 2. The van der Waals surface area contributed by atoms with Crippen LogP contribution in [0.2, 0.25) is 0 Å². The number of benzene rings is 2. The summed E-state index contributed by atoms with van der Waals surface area (Å²) < 4.78 is 31.3. The number of likely N-dealkylation sites (N-methyl/N-ethyl adjacent to an activating group) is 1. The number of hydrogen-bond donors (Lipinski definition) is 1. The van der Waals surface area contributed by atoms with Crippen LogP contribution in [0.3, 0.4) is 0 Å². The van der Waals surface area contributed by atoms with Crippen molar-refractivity contribution in [3.8, 4) is 5.75 Å². The molecule has 0 unspecified atom stereocenters. The van der Waals surface area contributed by atoms with Crippen molar-refractivity contribution in [1.82, 2.24) is 10.2 Å². The number of aryl methyl sites for hydroxylation is 1. The summed E-state index contributed by atoms with van der Waals surface area (Å²) >= 11 is 0. The number of anilines is 1. The lowest BCUT2D eigenvalue weighted by molar-refractivity contribution is -0.139. The molecular formula is C23H31N3O5S. The molecule has 0 fully saturated rings. The van der Waals surface area contributed by atoms with Gasteiger partial charge in [0.1, 0.15) is 18.3 Å². The number of hydrogen-bond acceptors (Lipinski definition) is 5. The number of ether oxygens (including phenoxy) is 1. The average Bonchev–Trinajstić information content (AvgIpc) is 2.79. The maximum Gasteiger partial charge on any atom is 0.244 e. The van der Waals surface area contributed by atoms with Crippen LogP contribution in [-0.2, 0) is 32.6 Å². The van der Waals surface area contributed by atoms with Crippen molar-refractivity contribution in [3.63, 3.8) is 0 Å². The third-order valence-corrected chi connectivity index (χ3v) is 6.35. The van der Waals surface area contributed by atoms with Crippen molar-refractivity contribution in [1.29, 1.82) is 0 Å². The van der Waals surface area contributed by atoms with Crippen molar-refractivity contribution < 1.29 is 22.7 Å². The van der Waals surface area contributed by atoms with Crippen LogP contribution < -0.4 is 14.4 Å². The van der Waals surface area contributed by atoms with Gasteiger partial charge in [-0.15, -0.1) is 0 Å². The van der Waals surface area contributed by atoms with Gasteiger partial charge in [0.25, 0.3) is 0 Å². The number of nitrogens with one attached hydrogen (secondary N) is 1. The molecule has 0 radical (unpaired) electrons. The van der Waals surface area contributed by atoms with Gasteiger partial charge in [-0.05, 0) is 48.7 Å². The van der Waals surface area contributed by atoms with Crippen molar-refractivity contribution in [2.45, 2.75) is 32.9 Å². The standard InChI is InChI=1S/C23H31N3O5S/c1-6-18-10-12-20(13-11-18)26(32(5,29)30)16-22(27)25(17(2)23(28)24-3)15-19-8-7-9-21(14-19)31-4/h7-14,17H,6,15-16H2,1-5H3,(H,24,28)/t17-/m0/s1. The molecule has 0 saturated heterocycles. The van der Waals surface area contributed by atoms with Gasteiger partial charge in [-0.25, -0.2) is 8.42 Å². The lowest BCUT2D eigenvalue weighted by atomic mass is 10.1. The smallest absolute Gasteiger partial charge is 0.244 e. The van der Waals surface area contributed by atoms with Gasteiger partial charge in [-0.2, -0.15) is 0 Å². The third kappa shape index (κ3) is 6.46. The maximum atomic E-state index is 13.3. The first-order valence-electron chi connectivity index (χ1n) is 10.3. The fourth-order valence-corrected chi connectivity index (χ4v) is 4.12. The molecule has 0 aliphatic carbocycles. The number of sulfonamides is 1. The number of carbonyl (C=O) groups excluding carboxylic acids is 2. The van der Waals surface area contributed by atoms with E-state index in [1.54, 1.807) is 44.4 Å². The van der Waals surface area contributed by atoms with Crippen LogP contribution in [0.4, 0.5) is 5.69 Å². The number of methoxy groups -OCH3 is 1. The van der Waals surface area contributed by atoms with Gasteiger partial charge < -0.3 is 15.0 Å². The molecule has 2 amide bonds. The first-order valence-corrected chi connectivity index (χ1v) is 12.2. The summed E-state index contributed by atoms with van der Waals surface area (Å²) in [5, 5.41) is 2.55. The predicted octanol–water partition coefficient (Wildman–Crippen LogP) is 2.19. The van der Waals surface area contributed by atoms with Crippen LogP contribution in [0.1, 0.15) is 25.0 Å². The zero-order valence-electron chi connectivity index (χ0n) is 19.2. The number of carbonyl (C=O) groups is 2. The summed E-state index contributed by atoms with van der Waals surface area (Å²) in [6.45, 7) is 3.31. The Balaban J connectivity index is 2.37. The Labute approximate surface area is 190 Å². The summed E-state index contributed by atoms with van der Waals surface area (Å²) in [5.41, 5.74) is 2.21. The van der Waals surface area contributed by atoms with Gasteiger partial charge in [-0.3, -0.25) is 13.9 Å². The fourth-order valence-electron chi connectivity index (χ4n) is 3.27. The molecule has 0 aliphatic heterocycles. The van der Waals surface area contributed by atoms with Crippen molar-refractivity contribution in [2.24, 2.45) is 0 Å². The molecular weight excluding hydrogens is 430 g/mol. The van der Waals surface area contributed by atoms with Gasteiger partial charge >= 0.3 is 0 Å². The number of nitrogens with zero attached hydrogens (tertiary/aromatic N) is 2. The van der Waals surface area contributed by atoms with Crippen LogP contribution in [-0.4, -0.2) is 58.1 Å². The fraction of sp³-hybridized carbons (Fsp3) is 0.391. The first kappa shape index (κ1) is 25.2. The minimum atomic E-state index is -3.74. The van der Waals surface area contributed by atoms with Crippen LogP contribution in [0.15, 0.2) is 48.5 Å². The van der Waals surface area contributed by atoms with Crippen molar-refractivity contribution >= 4 is 27.5 Å². The second-order valence-corrected chi connectivity index (χ2v) is 9.36. The van der Waals surface area contributed by atoms with Crippen LogP contribution in [0.25, 0.3) is 0 Å². The molecule has 9 heteroatoms. The van der Waals surface area contributed by atoms with Gasteiger partial charge in [0.05, 0.1) is 19.1 Å². The molecule has 2 aromatic rings. The highest BCUT2D eigenvalue weighted by Crippen LogP contribution is 2.21. The SMILES string of the molecule is CCc1ccc(N(CC(=O)N(Cc2cccc(OC)c2)[C@@H](C)C(=O)NC)S(C)(=O)=O)cc1. The summed E-state index contributed by atoms with van der Waals surface area (Å²) in [6.07, 6.45) is 1.87. The summed E-state index contributed by atoms with van der Waals surface area (Å²) in [7, 11) is -0.700. The molecule has 2 aromatic carbocycles. The van der Waals surface area contributed by atoms with Crippen molar-refractivity contribution in [3.05, 3.63) is 59.7 Å². The summed E-state index contributed by atoms with van der Waals surface area (Å²) in [4.78, 5) is 27.0. The molecule has 8 nitrogen and oxygen atoms in total. The topological polar surface area (TPSA) is 96.0 Å². The van der Waals surface area contributed by atoms with E-state index in [1.807, 2.05) is 25.1 Å². The molecule has 0 spiro atoms. The van der Waals surface area contributed by atoms with E-state index >= 15 is 0 Å².